The lowest BCUT2D eigenvalue weighted by molar-refractivity contribution is -0.688. The second-order valence-electron chi connectivity index (χ2n) is 5.11. The number of halogens is 1. The Morgan fingerprint density at radius 3 is 1.90 bits per heavy atom. The van der Waals surface area contributed by atoms with Crippen molar-refractivity contribution >= 4 is 0 Å². The van der Waals surface area contributed by atoms with Gasteiger partial charge in [0.05, 0.1) is 0 Å². The minimum absolute atomic E-state index is 0. The predicted octanol–water partition coefficient (Wildman–Crippen LogP) is 1.00. The van der Waals surface area contributed by atoms with E-state index in [9.17, 15) is 0 Å². The molecule has 2 aromatic carbocycles. The van der Waals surface area contributed by atoms with Crippen molar-refractivity contribution < 1.29 is 17.0 Å². The molecule has 0 spiro atoms. The highest BCUT2D eigenvalue weighted by atomic mass is 35.5. The van der Waals surface area contributed by atoms with Crippen molar-refractivity contribution in [1.29, 1.82) is 0 Å². The van der Waals surface area contributed by atoms with Crippen LogP contribution < -0.4 is 17.0 Å². The molecule has 0 radical (unpaired) electrons. The Labute approximate surface area is 132 Å². The lowest BCUT2D eigenvalue weighted by Crippen LogP contribution is -3.00. The van der Waals surface area contributed by atoms with Crippen LogP contribution in [0.4, 0.5) is 0 Å². The van der Waals surface area contributed by atoms with Crippen LogP contribution in [0.3, 0.4) is 0 Å². The van der Waals surface area contributed by atoms with Crippen molar-refractivity contribution in [2.75, 3.05) is 0 Å². The molecule has 106 valence electrons. The molecule has 0 saturated carbocycles. The average Bonchev–Trinajstić information content (AvgIpc) is 2.50. The van der Waals surface area contributed by atoms with E-state index in [-0.39, 0.29) is 12.4 Å². The first-order chi connectivity index (χ1) is 9.81. The molecule has 0 aliphatic carbocycles. The summed E-state index contributed by atoms with van der Waals surface area (Å²) < 4.78 is 2.20. The summed E-state index contributed by atoms with van der Waals surface area (Å²) in [7, 11) is 0. The molecule has 1 heterocycles. The lowest BCUT2D eigenvalue weighted by atomic mass is 10.1. The molecule has 21 heavy (non-hydrogen) atoms. The van der Waals surface area contributed by atoms with Gasteiger partial charge in [0.25, 0.3) is 0 Å². The Balaban J connectivity index is 0.00000161. The average molecular weight is 296 g/mol. The molecule has 3 aromatic rings. The van der Waals surface area contributed by atoms with E-state index in [0.29, 0.717) is 0 Å². The molecule has 0 bridgehead atoms. The third-order valence-corrected chi connectivity index (χ3v) is 3.48. The number of hydrogen-bond acceptors (Lipinski definition) is 0. The van der Waals surface area contributed by atoms with Crippen LogP contribution in [0.2, 0.25) is 0 Å². The molecule has 2 heteroatoms. The second kappa shape index (κ2) is 7.05. The van der Waals surface area contributed by atoms with Crippen molar-refractivity contribution in [2.24, 2.45) is 0 Å². The summed E-state index contributed by atoms with van der Waals surface area (Å²) in [6.07, 6.45) is 4.28. The molecular formula is C19H18ClN. The van der Waals surface area contributed by atoms with E-state index in [1.54, 1.807) is 0 Å². The number of hydrogen-bond donors (Lipinski definition) is 0. The van der Waals surface area contributed by atoms with Gasteiger partial charge in [0.1, 0.15) is 0 Å². The molecule has 0 amide bonds. The number of pyridine rings is 1. The zero-order valence-electron chi connectivity index (χ0n) is 12.0. The zero-order valence-corrected chi connectivity index (χ0v) is 12.8. The van der Waals surface area contributed by atoms with Crippen LogP contribution in [0.15, 0.2) is 79.1 Å². The van der Waals surface area contributed by atoms with Crippen molar-refractivity contribution in [3.63, 3.8) is 0 Å². The highest BCUT2D eigenvalue weighted by molar-refractivity contribution is 5.62. The van der Waals surface area contributed by atoms with E-state index < -0.39 is 0 Å². The number of rotatable bonds is 3. The first-order valence-corrected chi connectivity index (χ1v) is 6.91. The van der Waals surface area contributed by atoms with E-state index in [1.165, 1.54) is 22.3 Å². The monoisotopic (exact) mass is 295 g/mol. The SMILES string of the molecule is Cc1ccc(-c2cc[n+](Cc3ccccc3)cc2)cc1.[Cl-]. The van der Waals surface area contributed by atoms with Gasteiger partial charge < -0.3 is 12.4 Å². The highest BCUT2D eigenvalue weighted by Crippen LogP contribution is 2.18. The molecule has 1 nitrogen and oxygen atoms in total. The highest BCUT2D eigenvalue weighted by Gasteiger charge is 2.03. The Morgan fingerprint density at radius 1 is 0.714 bits per heavy atom. The molecule has 0 unspecified atom stereocenters. The van der Waals surface area contributed by atoms with Gasteiger partial charge in [0.2, 0.25) is 0 Å². The Morgan fingerprint density at radius 2 is 1.29 bits per heavy atom. The number of nitrogens with zero attached hydrogens (tertiary/aromatic N) is 1. The van der Waals surface area contributed by atoms with Crippen molar-refractivity contribution in [3.8, 4) is 11.1 Å². The quantitative estimate of drug-likeness (QED) is 0.635. The van der Waals surface area contributed by atoms with E-state index in [2.05, 4.69) is 90.6 Å². The van der Waals surface area contributed by atoms with Gasteiger partial charge in [-0.3, -0.25) is 0 Å². The first-order valence-electron chi connectivity index (χ1n) is 6.91. The first kappa shape index (κ1) is 15.3. The third kappa shape index (κ3) is 3.93. The predicted molar refractivity (Wildman–Crippen MR) is 82.4 cm³/mol. The fourth-order valence-corrected chi connectivity index (χ4v) is 2.30. The van der Waals surface area contributed by atoms with Gasteiger partial charge in [0, 0.05) is 17.7 Å². The Bertz CT molecular complexity index is 673. The lowest BCUT2D eigenvalue weighted by Gasteiger charge is -2.02. The van der Waals surface area contributed by atoms with Gasteiger partial charge in [0.15, 0.2) is 18.9 Å². The van der Waals surface area contributed by atoms with Crippen LogP contribution in [0.5, 0.6) is 0 Å². The molecule has 0 fully saturated rings. The van der Waals surface area contributed by atoms with Crippen LogP contribution in [0, 0.1) is 6.92 Å². The summed E-state index contributed by atoms with van der Waals surface area (Å²) in [5.74, 6) is 0. The minimum atomic E-state index is 0. The molecule has 0 aliphatic heterocycles. The van der Waals surface area contributed by atoms with Gasteiger partial charge in [-0.1, -0.05) is 60.2 Å². The van der Waals surface area contributed by atoms with E-state index in [4.69, 9.17) is 0 Å². The summed E-state index contributed by atoms with van der Waals surface area (Å²) >= 11 is 0. The van der Waals surface area contributed by atoms with Crippen LogP contribution in [0.1, 0.15) is 11.1 Å². The normalized spacial score (nSPS) is 9.95. The molecule has 1 aromatic heterocycles. The zero-order chi connectivity index (χ0) is 13.8. The fourth-order valence-electron chi connectivity index (χ4n) is 2.30. The molecule has 0 saturated heterocycles. The van der Waals surface area contributed by atoms with E-state index in [1.807, 2.05) is 0 Å². The third-order valence-electron chi connectivity index (χ3n) is 3.48. The maximum Gasteiger partial charge on any atom is 0.173 e. The number of aromatic nitrogens is 1. The number of benzene rings is 2. The van der Waals surface area contributed by atoms with E-state index >= 15 is 0 Å². The molecule has 3 rings (SSSR count). The van der Waals surface area contributed by atoms with Gasteiger partial charge in [-0.15, -0.1) is 0 Å². The minimum Gasteiger partial charge on any atom is -1.00 e. The Kier molecular flexibility index (Phi) is 5.13. The van der Waals surface area contributed by atoms with Gasteiger partial charge in [-0.2, -0.15) is 0 Å². The summed E-state index contributed by atoms with van der Waals surface area (Å²) in [5, 5.41) is 0. The van der Waals surface area contributed by atoms with Crippen molar-refractivity contribution in [1.82, 2.24) is 0 Å². The van der Waals surface area contributed by atoms with Gasteiger partial charge in [-0.05, 0) is 18.1 Å². The summed E-state index contributed by atoms with van der Waals surface area (Å²) in [4.78, 5) is 0. The Hall–Kier alpha value is -2.12. The smallest absolute Gasteiger partial charge is 0.173 e. The van der Waals surface area contributed by atoms with Crippen molar-refractivity contribution in [2.45, 2.75) is 13.5 Å². The molecule has 0 aliphatic rings. The molecular weight excluding hydrogens is 278 g/mol. The van der Waals surface area contributed by atoms with Crippen LogP contribution in [0.25, 0.3) is 11.1 Å². The molecule has 0 N–H and O–H groups in total. The summed E-state index contributed by atoms with van der Waals surface area (Å²) in [6.45, 7) is 3.03. The maximum absolute atomic E-state index is 2.20. The second-order valence-corrected chi connectivity index (χ2v) is 5.11. The summed E-state index contributed by atoms with van der Waals surface area (Å²) in [6, 6.07) is 23.5. The number of aryl methyl sites for hydroxylation is 1. The van der Waals surface area contributed by atoms with Crippen molar-refractivity contribution in [3.05, 3.63) is 90.3 Å². The van der Waals surface area contributed by atoms with E-state index in [0.717, 1.165) is 6.54 Å². The molecule has 0 atom stereocenters. The summed E-state index contributed by atoms with van der Waals surface area (Å²) in [5.41, 5.74) is 5.14. The van der Waals surface area contributed by atoms with Gasteiger partial charge in [-0.25, -0.2) is 4.57 Å². The van der Waals surface area contributed by atoms with Crippen LogP contribution >= 0.6 is 0 Å². The van der Waals surface area contributed by atoms with Gasteiger partial charge >= 0.3 is 0 Å². The van der Waals surface area contributed by atoms with Crippen LogP contribution in [-0.2, 0) is 6.54 Å². The standard InChI is InChI=1S/C19H18N.ClH/c1-16-7-9-18(10-8-16)19-11-13-20(14-12-19)15-17-5-3-2-4-6-17;/h2-14H,15H2,1H3;1H/q+1;/p-1. The topological polar surface area (TPSA) is 3.88 Å². The van der Waals surface area contributed by atoms with Crippen LogP contribution in [-0.4, -0.2) is 0 Å². The fraction of sp³-hybridized carbons (Fsp3) is 0.105. The largest absolute Gasteiger partial charge is 1.00 e. The maximum atomic E-state index is 2.20.